The molecule has 0 N–H and O–H groups in total. The van der Waals surface area contributed by atoms with E-state index in [1.54, 1.807) is 72.4 Å². The third kappa shape index (κ3) is 4.75. The molecule has 1 unspecified atom stereocenters. The van der Waals surface area contributed by atoms with Gasteiger partial charge in [0, 0.05) is 36.8 Å². The van der Waals surface area contributed by atoms with Gasteiger partial charge in [-0.25, -0.2) is 0 Å². The van der Waals surface area contributed by atoms with Crippen LogP contribution in [0.1, 0.15) is 17.3 Å². The lowest BCUT2D eigenvalue weighted by Crippen LogP contribution is -2.53. The first kappa shape index (κ1) is 20.0. The summed E-state index contributed by atoms with van der Waals surface area (Å²) in [4.78, 5) is 28.8. The van der Waals surface area contributed by atoms with E-state index in [4.69, 9.17) is 21.1 Å². The molecule has 148 valence electrons. The second-order valence-electron chi connectivity index (χ2n) is 6.56. The van der Waals surface area contributed by atoms with Gasteiger partial charge in [0.05, 0.1) is 7.11 Å². The van der Waals surface area contributed by atoms with Crippen molar-refractivity contribution in [1.82, 2.24) is 9.80 Å². The van der Waals surface area contributed by atoms with Crippen LogP contribution in [0.5, 0.6) is 11.5 Å². The zero-order valence-corrected chi connectivity index (χ0v) is 16.7. The summed E-state index contributed by atoms with van der Waals surface area (Å²) in [6.07, 6.45) is -0.609. The van der Waals surface area contributed by atoms with Crippen LogP contribution >= 0.6 is 11.6 Å². The van der Waals surface area contributed by atoms with Crippen LogP contribution < -0.4 is 9.47 Å². The third-order valence-electron chi connectivity index (χ3n) is 4.67. The van der Waals surface area contributed by atoms with Crippen molar-refractivity contribution in [2.75, 3.05) is 33.3 Å². The van der Waals surface area contributed by atoms with Crippen molar-refractivity contribution in [3.05, 3.63) is 59.1 Å². The molecule has 3 rings (SSSR count). The van der Waals surface area contributed by atoms with Crippen LogP contribution in [0.4, 0.5) is 0 Å². The van der Waals surface area contributed by atoms with Gasteiger partial charge in [-0.15, -0.1) is 0 Å². The molecule has 0 aromatic heterocycles. The Morgan fingerprint density at radius 2 is 1.61 bits per heavy atom. The lowest BCUT2D eigenvalue weighted by atomic mass is 10.1. The minimum atomic E-state index is -0.609. The first-order valence-electron chi connectivity index (χ1n) is 9.12. The van der Waals surface area contributed by atoms with Crippen LogP contribution in [0.15, 0.2) is 48.5 Å². The van der Waals surface area contributed by atoms with Crippen molar-refractivity contribution in [1.29, 1.82) is 0 Å². The number of carbonyl (C=O) groups is 2. The summed E-state index contributed by atoms with van der Waals surface area (Å²) < 4.78 is 10.9. The first-order chi connectivity index (χ1) is 13.5. The molecular formula is C21H23ClN2O4. The van der Waals surface area contributed by atoms with E-state index in [-0.39, 0.29) is 11.8 Å². The van der Waals surface area contributed by atoms with Crippen LogP contribution in [0.25, 0.3) is 0 Å². The van der Waals surface area contributed by atoms with E-state index < -0.39 is 6.10 Å². The highest BCUT2D eigenvalue weighted by atomic mass is 35.5. The molecule has 0 aliphatic carbocycles. The molecule has 1 heterocycles. The topological polar surface area (TPSA) is 59.1 Å². The number of rotatable bonds is 5. The number of nitrogens with zero attached hydrogens (tertiary/aromatic N) is 2. The largest absolute Gasteiger partial charge is 0.497 e. The van der Waals surface area contributed by atoms with Crippen molar-refractivity contribution < 1.29 is 19.1 Å². The molecule has 1 aliphatic heterocycles. The lowest BCUT2D eigenvalue weighted by Gasteiger charge is -2.36. The van der Waals surface area contributed by atoms with E-state index >= 15 is 0 Å². The molecule has 0 spiro atoms. The Balaban J connectivity index is 1.54. The van der Waals surface area contributed by atoms with E-state index in [9.17, 15) is 9.59 Å². The number of hydrogen-bond acceptors (Lipinski definition) is 4. The minimum Gasteiger partial charge on any atom is -0.497 e. The summed E-state index contributed by atoms with van der Waals surface area (Å²) >= 11 is 5.86. The summed E-state index contributed by atoms with van der Waals surface area (Å²) in [5.74, 6) is 1.09. The maximum atomic E-state index is 12.7. The fourth-order valence-electron chi connectivity index (χ4n) is 3.09. The molecule has 1 fully saturated rings. The predicted molar refractivity (Wildman–Crippen MR) is 107 cm³/mol. The van der Waals surface area contributed by atoms with Crippen molar-refractivity contribution in [2.24, 2.45) is 0 Å². The Bertz CT molecular complexity index is 833. The van der Waals surface area contributed by atoms with Crippen molar-refractivity contribution >= 4 is 23.4 Å². The van der Waals surface area contributed by atoms with Gasteiger partial charge in [-0.2, -0.15) is 0 Å². The molecule has 1 saturated heterocycles. The van der Waals surface area contributed by atoms with Gasteiger partial charge in [-0.3, -0.25) is 9.59 Å². The quantitative estimate of drug-likeness (QED) is 0.771. The monoisotopic (exact) mass is 402 g/mol. The highest BCUT2D eigenvalue weighted by molar-refractivity contribution is 6.30. The van der Waals surface area contributed by atoms with Gasteiger partial charge in [-0.05, 0) is 49.4 Å². The summed E-state index contributed by atoms with van der Waals surface area (Å²) in [6.45, 7) is 3.64. The first-order valence-corrected chi connectivity index (χ1v) is 9.50. The predicted octanol–water partition coefficient (Wildman–Crippen LogP) is 3.10. The molecule has 0 saturated carbocycles. The summed E-state index contributed by atoms with van der Waals surface area (Å²) in [5.41, 5.74) is 0.582. The van der Waals surface area contributed by atoms with Crippen LogP contribution in [-0.2, 0) is 4.79 Å². The molecule has 0 bridgehead atoms. The van der Waals surface area contributed by atoms with Crippen LogP contribution in [0.2, 0.25) is 5.02 Å². The fourth-order valence-corrected chi connectivity index (χ4v) is 3.22. The Hall–Kier alpha value is -2.73. The Kier molecular flexibility index (Phi) is 6.41. The Labute approximate surface area is 169 Å². The minimum absolute atomic E-state index is 0.0588. The van der Waals surface area contributed by atoms with Crippen LogP contribution in [0.3, 0.4) is 0 Å². The summed E-state index contributed by atoms with van der Waals surface area (Å²) in [5, 5.41) is 0.614. The van der Waals surface area contributed by atoms with E-state index in [0.717, 1.165) is 0 Å². The van der Waals surface area contributed by atoms with Crippen LogP contribution in [0, 0.1) is 0 Å². The normalized spacial score (nSPS) is 15.1. The fraction of sp³-hybridized carbons (Fsp3) is 0.333. The Morgan fingerprint density at radius 1 is 0.964 bits per heavy atom. The van der Waals surface area contributed by atoms with Gasteiger partial charge in [0.2, 0.25) is 0 Å². The molecule has 2 amide bonds. The van der Waals surface area contributed by atoms with Gasteiger partial charge in [0.25, 0.3) is 11.8 Å². The molecular weight excluding hydrogens is 380 g/mol. The number of halogens is 1. The molecule has 1 atom stereocenters. The third-order valence-corrected chi connectivity index (χ3v) is 4.92. The van der Waals surface area contributed by atoms with E-state index in [1.165, 1.54) is 0 Å². The van der Waals surface area contributed by atoms with Gasteiger partial charge in [-0.1, -0.05) is 17.7 Å². The molecule has 7 heteroatoms. The van der Waals surface area contributed by atoms with Gasteiger partial charge >= 0.3 is 0 Å². The molecule has 2 aromatic carbocycles. The van der Waals surface area contributed by atoms with Crippen molar-refractivity contribution in [3.63, 3.8) is 0 Å². The second kappa shape index (κ2) is 8.97. The maximum absolute atomic E-state index is 12.7. The number of piperazine rings is 1. The average molecular weight is 403 g/mol. The number of methoxy groups -OCH3 is 1. The average Bonchev–Trinajstić information content (AvgIpc) is 2.74. The molecule has 1 aliphatic rings. The summed E-state index contributed by atoms with van der Waals surface area (Å²) in [6, 6.07) is 14.0. The number of ether oxygens (including phenoxy) is 2. The van der Waals surface area contributed by atoms with Crippen molar-refractivity contribution in [3.8, 4) is 11.5 Å². The second-order valence-corrected chi connectivity index (χ2v) is 7.00. The summed E-state index contributed by atoms with van der Waals surface area (Å²) in [7, 11) is 1.57. The van der Waals surface area contributed by atoms with E-state index in [0.29, 0.717) is 48.3 Å². The van der Waals surface area contributed by atoms with Gasteiger partial charge in [0.15, 0.2) is 6.10 Å². The maximum Gasteiger partial charge on any atom is 0.263 e. The molecule has 28 heavy (non-hydrogen) atoms. The van der Waals surface area contributed by atoms with Crippen LogP contribution in [-0.4, -0.2) is 61.0 Å². The number of benzene rings is 2. The molecule has 2 aromatic rings. The highest BCUT2D eigenvalue weighted by Crippen LogP contribution is 2.19. The Morgan fingerprint density at radius 3 is 2.25 bits per heavy atom. The number of carbonyl (C=O) groups excluding carboxylic acids is 2. The van der Waals surface area contributed by atoms with E-state index in [1.807, 2.05) is 0 Å². The lowest BCUT2D eigenvalue weighted by molar-refractivity contribution is -0.139. The smallest absolute Gasteiger partial charge is 0.263 e. The standard InChI is InChI=1S/C21H23ClN2O4/c1-15(28-18-8-6-17(22)7-9-18)20(25)23-10-12-24(13-11-23)21(26)16-4-3-5-19(14-16)27-2/h3-9,14-15H,10-13H2,1-2H3. The SMILES string of the molecule is COc1cccc(C(=O)N2CCN(C(=O)C(C)Oc3ccc(Cl)cc3)CC2)c1. The van der Waals surface area contributed by atoms with Gasteiger partial charge in [0.1, 0.15) is 11.5 Å². The van der Waals surface area contributed by atoms with Gasteiger partial charge < -0.3 is 19.3 Å². The number of hydrogen-bond donors (Lipinski definition) is 0. The highest BCUT2D eigenvalue weighted by Gasteiger charge is 2.28. The molecule has 6 nitrogen and oxygen atoms in total. The van der Waals surface area contributed by atoms with E-state index in [2.05, 4.69) is 0 Å². The zero-order chi connectivity index (χ0) is 20.1. The zero-order valence-electron chi connectivity index (χ0n) is 15.9. The number of amides is 2. The molecule has 0 radical (unpaired) electrons. The van der Waals surface area contributed by atoms with Crippen molar-refractivity contribution in [2.45, 2.75) is 13.0 Å².